The molecule has 3 aromatic rings. The summed E-state index contributed by atoms with van der Waals surface area (Å²) >= 11 is 6.11. The van der Waals surface area contributed by atoms with Crippen LogP contribution in [-0.2, 0) is 9.59 Å². The number of imide groups is 2. The highest BCUT2D eigenvalue weighted by molar-refractivity contribution is 6.39. The van der Waals surface area contributed by atoms with Crippen molar-refractivity contribution in [3.05, 3.63) is 86.6 Å². The molecule has 2 heterocycles. The number of furan rings is 1. The van der Waals surface area contributed by atoms with Crippen molar-refractivity contribution >= 4 is 46.9 Å². The van der Waals surface area contributed by atoms with E-state index >= 15 is 0 Å². The third kappa shape index (κ3) is 3.88. The molecular formula is C22H14ClN3O6. The lowest BCUT2D eigenvalue weighted by Crippen LogP contribution is -2.54. The Bertz CT molecular complexity index is 1330. The lowest BCUT2D eigenvalue weighted by molar-refractivity contribution is -0.384. The van der Waals surface area contributed by atoms with Gasteiger partial charge in [0.05, 0.1) is 10.6 Å². The number of hydrogen-bond donors (Lipinski definition) is 1. The number of nitro benzene ring substituents is 1. The van der Waals surface area contributed by atoms with E-state index in [9.17, 15) is 24.5 Å². The van der Waals surface area contributed by atoms with E-state index in [1.165, 1.54) is 36.4 Å². The number of amides is 4. The quantitative estimate of drug-likeness (QED) is 0.270. The van der Waals surface area contributed by atoms with Crippen molar-refractivity contribution in [2.45, 2.75) is 6.92 Å². The highest BCUT2D eigenvalue weighted by Gasteiger charge is 2.37. The zero-order valence-corrected chi connectivity index (χ0v) is 17.3. The van der Waals surface area contributed by atoms with Crippen LogP contribution in [0.25, 0.3) is 17.4 Å². The summed E-state index contributed by atoms with van der Waals surface area (Å²) in [6, 6.07) is 12.6. The first-order chi connectivity index (χ1) is 15.2. The topological polar surface area (TPSA) is 123 Å². The maximum Gasteiger partial charge on any atom is 0.335 e. The minimum absolute atomic E-state index is 0.105. The van der Waals surface area contributed by atoms with Gasteiger partial charge in [0.2, 0.25) is 0 Å². The van der Waals surface area contributed by atoms with Gasteiger partial charge in [0.1, 0.15) is 17.1 Å². The van der Waals surface area contributed by atoms with Crippen LogP contribution in [0, 0.1) is 17.0 Å². The molecule has 0 bridgehead atoms. The second kappa shape index (κ2) is 8.12. The van der Waals surface area contributed by atoms with Gasteiger partial charge < -0.3 is 4.42 Å². The maximum atomic E-state index is 13.0. The van der Waals surface area contributed by atoms with E-state index in [-0.39, 0.29) is 22.7 Å². The van der Waals surface area contributed by atoms with Crippen molar-refractivity contribution in [3.63, 3.8) is 0 Å². The van der Waals surface area contributed by atoms with Crippen molar-refractivity contribution in [1.82, 2.24) is 5.32 Å². The molecule has 1 N–H and O–H groups in total. The lowest BCUT2D eigenvalue weighted by atomic mass is 10.1. The van der Waals surface area contributed by atoms with Crippen molar-refractivity contribution in [2.24, 2.45) is 0 Å². The van der Waals surface area contributed by atoms with Gasteiger partial charge in [-0.05, 0) is 42.8 Å². The molecule has 32 heavy (non-hydrogen) atoms. The predicted molar refractivity (Wildman–Crippen MR) is 116 cm³/mol. The number of carbonyl (C=O) groups excluding carboxylic acids is 3. The molecule has 0 unspecified atom stereocenters. The van der Waals surface area contributed by atoms with Gasteiger partial charge >= 0.3 is 6.03 Å². The number of aryl methyl sites for hydroxylation is 1. The first kappa shape index (κ1) is 21.0. The van der Waals surface area contributed by atoms with E-state index in [1.54, 1.807) is 31.2 Å². The summed E-state index contributed by atoms with van der Waals surface area (Å²) < 4.78 is 5.65. The van der Waals surface area contributed by atoms with Gasteiger partial charge in [-0.25, -0.2) is 9.69 Å². The summed E-state index contributed by atoms with van der Waals surface area (Å²) in [5.74, 6) is -1.25. The zero-order valence-electron chi connectivity index (χ0n) is 16.5. The lowest BCUT2D eigenvalue weighted by Gasteiger charge is -2.26. The second-order valence-corrected chi connectivity index (χ2v) is 7.31. The van der Waals surface area contributed by atoms with Crippen LogP contribution in [-0.4, -0.2) is 22.8 Å². The Morgan fingerprint density at radius 1 is 1.09 bits per heavy atom. The van der Waals surface area contributed by atoms with E-state index in [2.05, 4.69) is 5.32 Å². The summed E-state index contributed by atoms with van der Waals surface area (Å²) in [6.07, 6.45) is 1.20. The molecule has 1 aliphatic rings. The highest BCUT2D eigenvalue weighted by Crippen LogP contribution is 2.29. The molecule has 1 saturated heterocycles. The molecule has 0 radical (unpaired) electrons. The number of carbonyl (C=O) groups is 3. The minimum atomic E-state index is -0.895. The number of halogens is 1. The summed E-state index contributed by atoms with van der Waals surface area (Å²) in [5.41, 5.74) is 0.997. The molecule has 2 aromatic carbocycles. The number of rotatable bonds is 4. The van der Waals surface area contributed by atoms with E-state index in [4.69, 9.17) is 16.0 Å². The molecule has 9 nitrogen and oxygen atoms in total. The standard InChI is InChI=1S/C22H14ClN3O6/c1-12-5-6-14(10-18(12)23)25-21(28)17(20(27)24-22(25)29)11-16-7-8-19(32-16)13-3-2-4-15(9-13)26(30)31/h2-11H,1H3,(H,24,27,29)/b17-11+. The van der Waals surface area contributed by atoms with Crippen LogP contribution in [0.3, 0.4) is 0 Å². The Balaban J connectivity index is 1.67. The highest BCUT2D eigenvalue weighted by atomic mass is 35.5. The first-order valence-electron chi connectivity index (χ1n) is 9.27. The molecule has 0 saturated carbocycles. The molecule has 4 rings (SSSR count). The average molecular weight is 452 g/mol. The first-order valence-corrected chi connectivity index (χ1v) is 9.64. The number of nitrogens with one attached hydrogen (secondary N) is 1. The summed E-state index contributed by atoms with van der Waals surface area (Å²) in [7, 11) is 0. The number of nitrogens with zero attached hydrogens (tertiary/aromatic N) is 2. The van der Waals surface area contributed by atoms with Crippen LogP contribution >= 0.6 is 11.6 Å². The van der Waals surface area contributed by atoms with Crippen LogP contribution in [0.4, 0.5) is 16.2 Å². The van der Waals surface area contributed by atoms with Gasteiger partial charge in [0.25, 0.3) is 17.5 Å². The third-order valence-corrected chi connectivity index (χ3v) is 5.18. The Morgan fingerprint density at radius 3 is 2.59 bits per heavy atom. The van der Waals surface area contributed by atoms with Crippen LogP contribution in [0.1, 0.15) is 11.3 Å². The smallest absolute Gasteiger partial charge is 0.335 e. The number of non-ortho nitro benzene ring substituents is 1. The SMILES string of the molecule is Cc1ccc(N2C(=O)NC(=O)/C(=C\c3ccc(-c4cccc([N+](=O)[O-])c4)o3)C2=O)cc1Cl. The van der Waals surface area contributed by atoms with Crippen molar-refractivity contribution in [1.29, 1.82) is 0 Å². The van der Waals surface area contributed by atoms with Gasteiger partial charge in [-0.15, -0.1) is 0 Å². The third-order valence-electron chi connectivity index (χ3n) is 4.77. The Labute approximate surface area is 186 Å². The van der Waals surface area contributed by atoms with Crippen LogP contribution < -0.4 is 10.2 Å². The fraction of sp³-hybridized carbons (Fsp3) is 0.0455. The van der Waals surface area contributed by atoms with Crippen molar-refractivity contribution in [2.75, 3.05) is 4.90 Å². The van der Waals surface area contributed by atoms with Gasteiger partial charge in [-0.2, -0.15) is 0 Å². The summed E-state index contributed by atoms with van der Waals surface area (Å²) in [6.45, 7) is 1.77. The molecular weight excluding hydrogens is 438 g/mol. The summed E-state index contributed by atoms with van der Waals surface area (Å²) in [4.78, 5) is 48.9. The van der Waals surface area contributed by atoms with Crippen LogP contribution in [0.15, 0.2) is 64.6 Å². The number of urea groups is 1. The molecule has 10 heteroatoms. The molecule has 160 valence electrons. The number of barbiturate groups is 1. The molecule has 0 atom stereocenters. The molecule has 0 aliphatic carbocycles. The Kier molecular flexibility index (Phi) is 5.33. The molecule has 4 amide bonds. The fourth-order valence-corrected chi connectivity index (χ4v) is 3.29. The monoisotopic (exact) mass is 451 g/mol. The maximum absolute atomic E-state index is 13.0. The van der Waals surface area contributed by atoms with E-state index in [0.29, 0.717) is 16.3 Å². The predicted octanol–water partition coefficient (Wildman–Crippen LogP) is 4.48. The molecule has 1 aliphatic heterocycles. The normalized spacial score (nSPS) is 15.2. The van der Waals surface area contributed by atoms with Crippen molar-refractivity contribution in [3.8, 4) is 11.3 Å². The largest absolute Gasteiger partial charge is 0.457 e. The van der Waals surface area contributed by atoms with Crippen LogP contribution in [0.2, 0.25) is 5.02 Å². The Hall–Kier alpha value is -4.24. The van der Waals surface area contributed by atoms with E-state index in [1.807, 2.05) is 0 Å². The van der Waals surface area contributed by atoms with Gasteiger partial charge in [0, 0.05) is 22.7 Å². The fourth-order valence-electron chi connectivity index (χ4n) is 3.11. The average Bonchev–Trinajstić information content (AvgIpc) is 3.22. The number of nitro groups is 1. The molecule has 0 spiro atoms. The number of benzene rings is 2. The van der Waals surface area contributed by atoms with Gasteiger partial charge in [-0.1, -0.05) is 29.8 Å². The van der Waals surface area contributed by atoms with E-state index in [0.717, 1.165) is 10.5 Å². The summed E-state index contributed by atoms with van der Waals surface area (Å²) in [5, 5.41) is 13.5. The van der Waals surface area contributed by atoms with Gasteiger partial charge in [0.15, 0.2) is 0 Å². The second-order valence-electron chi connectivity index (χ2n) is 6.90. The minimum Gasteiger partial charge on any atom is -0.457 e. The van der Waals surface area contributed by atoms with Gasteiger partial charge in [-0.3, -0.25) is 25.0 Å². The zero-order chi connectivity index (χ0) is 23.0. The molecule has 1 aromatic heterocycles. The number of anilines is 1. The number of hydrogen-bond acceptors (Lipinski definition) is 6. The van der Waals surface area contributed by atoms with Crippen molar-refractivity contribution < 1.29 is 23.7 Å². The van der Waals surface area contributed by atoms with Crippen LogP contribution in [0.5, 0.6) is 0 Å². The van der Waals surface area contributed by atoms with E-state index < -0.39 is 22.8 Å². The Morgan fingerprint density at radius 2 is 1.88 bits per heavy atom. The molecule has 1 fully saturated rings.